The molecule has 0 spiro atoms. The van der Waals surface area contributed by atoms with E-state index in [1.165, 1.54) is 0 Å². The van der Waals surface area contributed by atoms with Crippen LogP contribution in [0.3, 0.4) is 0 Å². The van der Waals surface area contributed by atoms with Crippen molar-refractivity contribution in [2.75, 3.05) is 7.11 Å². The van der Waals surface area contributed by atoms with Gasteiger partial charge in [-0.25, -0.2) is 0 Å². The molecule has 0 atom stereocenters. The van der Waals surface area contributed by atoms with Gasteiger partial charge in [0.1, 0.15) is 0 Å². The molecule has 0 saturated carbocycles. The fourth-order valence-electron chi connectivity index (χ4n) is 0.604. The van der Waals surface area contributed by atoms with Crippen molar-refractivity contribution in [1.29, 1.82) is 0 Å². The normalized spacial score (nSPS) is 7.82. The van der Waals surface area contributed by atoms with Gasteiger partial charge in [-0.05, 0) is 13.8 Å². The first kappa shape index (κ1) is 17.4. The predicted octanol–water partition coefficient (Wildman–Crippen LogP) is -2.00. The minimum absolute atomic E-state index is 0.760. The number of aliphatic carboxylic acids is 2. The number of hydrogen-bond acceptors (Lipinski definition) is 5. The van der Waals surface area contributed by atoms with E-state index in [1.807, 2.05) is 12.1 Å². The average molecular weight is 236 g/mol. The Morgan fingerprint density at radius 3 is 1.59 bits per heavy atom. The van der Waals surface area contributed by atoms with E-state index in [-0.39, 0.29) is 0 Å². The molecule has 0 radical (unpaired) electrons. The van der Waals surface area contributed by atoms with Crippen LogP contribution in [0.2, 0.25) is 0 Å². The fraction of sp³-hybridized carbons (Fsp3) is 0.273. The van der Waals surface area contributed by atoms with Crippen LogP contribution in [0.5, 0.6) is 5.75 Å². The van der Waals surface area contributed by atoms with Gasteiger partial charge in [0.25, 0.3) is 0 Å². The van der Waals surface area contributed by atoms with Crippen molar-refractivity contribution < 1.29 is 24.5 Å². The first-order chi connectivity index (χ1) is 7.79. The zero-order valence-corrected chi connectivity index (χ0v) is 9.93. The molecule has 0 bridgehead atoms. The Morgan fingerprint density at radius 1 is 1.06 bits per heavy atom. The fourth-order valence-corrected chi connectivity index (χ4v) is 0.604. The molecular weight excluding hydrogens is 223 g/mol. The van der Waals surface area contributed by atoms with E-state index in [0.717, 1.165) is 25.1 Å². The van der Waals surface area contributed by atoms with Gasteiger partial charge in [0.05, 0.1) is 0 Å². The molecule has 17 heavy (non-hydrogen) atoms. The van der Waals surface area contributed by atoms with Crippen molar-refractivity contribution >= 4 is 25.2 Å². The van der Waals surface area contributed by atoms with Crippen molar-refractivity contribution in [3.8, 4) is 5.75 Å². The van der Waals surface area contributed by atoms with Crippen LogP contribution in [0.1, 0.15) is 13.8 Å². The molecule has 90 valence electrons. The zero-order chi connectivity index (χ0) is 13.8. The molecule has 0 aromatic heterocycles. The van der Waals surface area contributed by atoms with Gasteiger partial charge in [-0.1, -0.05) is 0 Å². The van der Waals surface area contributed by atoms with Gasteiger partial charge in [0.15, 0.2) is 0 Å². The second-order valence-corrected chi connectivity index (χ2v) is 2.76. The number of carboxylic acid groups (broad SMARTS) is 2. The summed E-state index contributed by atoms with van der Waals surface area (Å²) in [6.07, 6.45) is 0. The number of rotatable bonds is 1. The molecule has 0 fully saturated rings. The second kappa shape index (κ2) is 10.5. The average Bonchev–Trinajstić information content (AvgIpc) is 2.17. The maximum absolute atomic E-state index is 8.89. The van der Waals surface area contributed by atoms with Crippen molar-refractivity contribution in [2.45, 2.75) is 13.8 Å². The molecule has 1 rings (SSSR count). The number of carbonyl (C=O) groups is 2. The van der Waals surface area contributed by atoms with Crippen LogP contribution in [-0.4, -0.2) is 26.9 Å². The molecule has 6 heteroatoms. The Balaban J connectivity index is 0. The van der Waals surface area contributed by atoms with E-state index in [4.69, 9.17) is 32.4 Å². The molecular formula is C11H13BO5. The van der Waals surface area contributed by atoms with Crippen LogP contribution >= 0.6 is 0 Å². The molecule has 0 aliphatic carbocycles. The van der Waals surface area contributed by atoms with Gasteiger partial charge >= 0.3 is 55.2 Å². The topological polar surface area (TPSA) is 89.5 Å². The third-order valence-electron chi connectivity index (χ3n) is 1.12. The van der Waals surface area contributed by atoms with Crippen LogP contribution < -0.4 is 20.4 Å². The Morgan fingerprint density at radius 2 is 1.35 bits per heavy atom. The summed E-state index contributed by atoms with van der Waals surface area (Å²) in [7, 11) is 7.06. The summed E-state index contributed by atoms with van der Waals surface area (Å²) in [5.74, 6) is -1.33. The molecule has 5 nitrogen and oxygen atoms in total. The van der Waals surface area contributed by atoms with E-state index in [0.29, 0.717) is 0 Å². The molecule has 0 unspecified atom stereocenters. The standard InChI is InChI=1S/C7H7BO.2C2H4O2/c1-9-7-4-2-6(8)3-5-7;2*1-2(3)4/h2-5H,1H3;2*1H3,(H,3,4)/q+2;;/p-2. The van der Waals surface area contributed by atoms with E-state index in [2.05, 4.69) is 0 Å². The number of hydrogen-bond donors (Lipinski definition) is 0. The summed E-state index contributed by atoms with van der Waals surface area (Å²) in [6, 6.07) is 7.27. The molecule has 1 aromatic carbocycles. The summed E-state index contributed by atoms with van der Waals surface area (Å²) >= 11 is 0. The van der Waals surface area contributed by atoms with Crippen molar-refractivity contribution in [3.05, 3.63) is 24.3 Å². The van der Waals surface area contributed by atoms with E-state index in [9.17, 15) is 0 Å². The van der Waals surface area contributed by atoms with Crippen LogP contribution in [0, 0.1) is 0 Å². The number of benzene rings is 1. The van der Waals surface area contributed by atoms with Crippen LogP contribution in [0.15, 0.2) is 24.3 Å². The molecule has 0 aliphatic heterocycles. The summed E-state index contributed by atoms with van der Waals surface area (Å²) < 4.78 is 4.91. The minimum atomic E-state index is -1.08. The summed E-state index contributed by atoms with van der Waals surface area (Å²) in [6.45, 7) is 1.94. The van der Waals surface area contributed by atoms with Gasteiger partial charge in [0.2, 0.25) is 0 Å². The number of ether oxygens (including phenoxy) is 1. The molecule has 0 saturated heterocycles. The second-order valence-electron chi connectivity index (χ2n) is 2.76. The first-order valence-electron chi connectivity index (χ1n) is 4.54. The van der Waals surface area contributed by atoms with Crippen molar-refractivity contribution in [1.82, 2.24) is 0 Å². The van der Waals surface area contributed by atoms with E-state index < -0.39 is 11.9 Å². The molecule has 1 aromatic rings. The Hall–Kier alpha value is -1.98. The molecule has 0 N–H and O–H groups in total. The zero-order valence-electron chi connectivity index (χ0n) is 9.93. The molecule has 0 heterocycles. The monoisotopic (exact) mass is 236 g/mol. The summed E-state index contributed by atoms with van der Waals surface area (Å²) in [5, 5.41) is 17.8. The number of methoxy groups -OCH3 is 1. The van der Waals surface area contributed by atoms with Crippen LogP contribution in [0.25, 0.3) is 0 Å². The summed E-state index contributed by atoms with van der Waals surface area (Å²) in [4.78, 5) is 17.8. The van der Waals surface area contributed by atoms with Gasteiger partial charge in [0, 0.05) is 11.9 Å². The van der Waals surface area contributed by atoms with Crippen molar-refractivity contribution in [3.63, 3.8) is 0 Å². The first-order valence-corrected chi connectivity index (χ1v) is 4.54. The van der Waals surface area contributed by atoms with Crippen LogP contribution in [-0.2, 0) is 9.59 Å². The Labute approximate surface area is 101 Å². The van der Waals surface area contributed by atoms with E-state index >= 15 is 0 Å². The molecule has 0 aliphatic rings. The summed E-state index contributed by atoms with van der Waals surface area (Å²) in [5.41, 5.74) is 0.760. The van der Waals surface area contributed by atoms with Crippen LogP contribution in [0.4, 0.5) is 0 Å². The van der Waals surface area contributed by atoms with Gasteiger partial charge in [-0.2, -0.15) is 0 Å². The van der Waals surface area contributed by atoms with Gasteiger partial charge in [-0.3, -0.25) is 0 Å². The Bertz CT molecular complexity index is 314. The number of carboxylic acids is 2. The quantitative estimate of drug-likeness (QED) is 0.526. The maximum atomic E-state index is 8.89. The van der Waals surface area contributed by atoms with Crippen molar-refractivity contribution in [2.24, 2.45) is 0 Å². The van der Waals surface area contributed by atoms with Gasteiger partial charge < -0.3 is 19.8 Å². The number of carbonyl (C=O) groups excluding carboxylic acids is 2. The third kappa shape index (κ3) is 20.2. The van der Waals surface area contributed by atoms with E-state index in [1.54, 1.807) is 19.2 Å². The predicted molar refractivity (Wildman–Crippen MR) is 59.7 cm³/mol. The SMILES string of the molecule is CC(=O)[O-].CC(=O)[O-].[B+2]c1ccc(OC)cc1. The Kier molecular flexibility index (Phi) is 10.8. The molecule has 0 amide bonds. The van der Waals surface area contributed by atoms with Gasteiger partial charge in [-0.15, -0.1) is 0 Å². The third-order valence-corrected chi connectivity index (χ3v) is 1.12.